The Bertz CT molecular complexity index is 491. The monoisotopic (exact) mass is 194 g/mol. The number of methoxy groups -OCH3 is 1. The molecule has 0 bridgehead atoms. The second-order valence-corrected chi connectivity index (χ2v) is 2.65. The highest BCUT2D eigenvalue weighted by molar-refractivity contribution is 5.84. The minimum absolute atomic E-state index is 0.0439. The molecule has 0 aliphatic rings. The molecule has 0 saturated heterocycles. The van der Waals surface area contributed by atoms with Gasteiger partial charge >= 0.3 is 0 Å². The molecule has 1 heterocycles. The maximum Gasteiger partial charge on any atom is 0.274 e. The molecule has 0 amide bonds. The Balaban J connectivity index is 2.73. The van der Waals surface area contributed by atoms with Gasteiger partial charge in [0.1, 0.15) is 0 Å². The molecule has 0 fully saturated rings. The number of ether oxygens (including phenoxy) is 1. The summed E-state index contributed by atoms with van der Waals surface area (Å²) >= 11 is 0. The molecular formula is C8H6N2O4. The van der Waals surface area contributed by atoms with Gasteiger partial charge in [-0.3, -0.25) is 10.1 Å². The Morgan fingerprint density at radius 1 is 1.57 bits per heavy atom. The predicted molar refractivity (Wildman–Crippen MR) is 47.2 cm³/mol. The fourth-order valence-electron chi connectivity index (χ4n) is 1.20. The van der Waals surface area contributed by atoms with E-state index in [0.29, 0.717) is 16.7 Å². The predicted octanol–water partition coefficient (Wildman–Crippen LogP) is 1.74. The van der Waals surface area contributed by atoms with Gasteiger partial charge in [-0.25, -0.2) is 0 Å². The lowest BCUT2D eigenvalue weighted by atomic mass is 10.2. The zero-order valence-electron chi connectivity index (χ0n) is 7.26. The first kappa shape index (κ1) is 8.49. The minimum atomic E-state index is -0.491. The lowest BCUT2D eigenvalue weighted by Crippen LogP contribution is -1.90. The van der Waals surface area contributed by atoms with Crippen molar-refractivity contribution in [2.24, 2.45) is 0 Å². The van der Waals surface area contributed by atoms with Gasteiger partial charge in [0.15, 0.2) is 5.75 Å². The first-order chi connectivity index (χ1) is 6.72. The van der Waals surface area contributed by atoms with Gasteiger partial charge in [0.25, 0.3) is 5.69 Å². The lowest BCUT2D eigenvalue weighted by molar-refractivity contribution is -0.384. The fraction of sp³-hybridized carbons (Fsp3) is 0.125. The van der Waals surface area contributed by atoms with E-state index in [1.54, 1.807) is 0 Å². The number of benzene rings is 1. The summed E-state index contributed by atoms with van der Waals surface area (Å²) in [6, 6.07) is 2.68. The number of rotatable bonds is 2. The van der Waals surface area contributed by atoms with E-state index in [9.17, 15) is 10.1 Å². The number of hydrogen-bond donors (Lipinski definition) is 0. The van der Waals surface area contributed by atoms with E-state index in [4.69, 9.17) is 9.26 Å². The van der Waals surface area contributed by atoms with Crippen LogP contribution in [0.2, 0.25) is 0 Å². The Morgan fingerprint density at radius 3 is 3.00 bits per heavy atom. The first-order valence-electron chi connectivity index (χ1n) is 3.79. The Kier molecular flexibility index (Phi) is 1.81. The van der Waals surface area contributed by atoms with Gasteiger partial charge in [0.05, 0.1) is 29.7 Å². The van der Waals surface area contributed by atoms with Crippen molar-refractivity contribution < 1.29 is 14.2 Å². The molecule has 0 aliphatic carbocycles. The molecule has 0 spiro atoms. The van der Waals surface area contributed by atoms with E-state index in [1.807, 2.05) is 0 Å². The van der Waals surface area contributed by atoms with E-state index >= 15 is 0 Å². The summed E-state index contributed by atoms with van der Waals surface area (Å²) in [4.78, 5) is 10.0. The molecule has 2 aromatic rings. The fourth-order valence-corrected chi connectivity index (χ4v) is 1.20. The van der Waals surface area contributed by atoms with Crippen molar-refractivity contribution in [2.75, 3.05) is 7.11 Å². The molecule has 1 aromatic heterocycles. The number of nitro groups is 1. The Morgan fingerprint density at radius 2 is 2.36 bits per heavy atom. The van der Waals surface area contributed by atoms with Crippen LogP contribution in [-0.4, -0.2) is 17.2 Å². The smallest absolute Gasteiger partial charge is 0.274 e. The van der Waals surface area contributed by atoms with Gasteiger partial charge in [-0.05, 0) is 0 Å². The van der Waals surface area contributed by atoms with Crippen LogP contribution in [0.15, 0.2) is 22.9 Å². The molecule has 0 atom stereocenters. The van der Waals surface area contributed by atoms with Crippen molar-refractivity contribution in [1.82, 2.24) is 5.16 Å². The van der Waals surface area contributed by atoms with E-state index in [0.717, 1.165) is 0 Å². The number of nitrogens with zero attached hydrogens (tertiary/aromatic N) is 2. The summed E-state index contributed by atoms with van der Waals surface area (Å²) in [5.74, 6) is 0.312. The summed E-state index contributed by atoms with van der Waals surface area (Å²) in [5.41, 5.74) is 0.371. The van der Waals surface area contributed by atoms with Gasteiger partial charge in [0, 0.05) is 6.07 Å². The SMILES string of the molecule is COc1cc([N+](=O)[O-])cc2cnoc12. The summed E-state index contributed by atoms with van der Waals surface area (Å²) in [5, 5.41) is 14.6. The average molecular weight is 194 g/mol. The quantitative estimate of drug-likeness (QED) is 0.537. The molecule has 2 rings (SSSR count). The van der Waals surface area contributed by atoms with Crippen molar-refractivity contribution in [3.8, 4) is 5.75 Å². The van der Waals surface area contributed by atoms with Crippen molar-refractivity contribution in [3.63, 3.8) is 0 Å². The van der Waals surface area contributed by atoms with Gasteiger partial charge in [-0.2, -0.15) is 0 Å². The highest BCUT2D eigenvalue weighted by atomic mass is 16.6. The summed E-state index contributed by atoms with van der Waals surface area (Å²) < 4.78 is 9.82. The largest absolute Gasteiger partial charge is 0.492 e. The van der Waals surface area contributed by atoms with Crippen LogP contribution in [0.5, 0.6) is 5.75 Å². The zero-order valence-corrected chi connectivity index (χ0v) is 7.26. The molecule has 0 N–H and O–H groups in total. The van der Waals surface area contributed by atoms with Crippen LogP contribution in [0, 0.1) is 10.1 Å². The van der Waals surface area contributed by atoms with E-state index in [1.165, 1.54) is 25.4 Å². The third kappa shape index (κ3) is 1.17. The normalized spacial score (nSPS) is 10.4. The Hall–Kier alpha value is -2.11. The van der Waals surface area contributed by atoms with E-state index in [2.05, 4.69) is 5.16 Å². The van der Waals surface area contributed by atoms with Crippen LogP contribution < -0.4 is 4.74 Å². The van der Waals surface area contributed by atoms with Gasteiger partial charge in [0.2, 0.25) is 5.58 Å². The van der Waals surface area contributed by atoms with Crippen molar-refractivity contribution in [1.29, 1.82) is 0 Å². The number of non-ortho nitro benzene ring substituents is 1. The van der Waals surface area contributed by atoms with Crippen LogP contribution in [0.3, 0.4) is 0 Å². The highest BCUT2D eigenvalue weighted by Gasteiger charge is 2.14. The van der Waals surface area contributed by atoms with Crippen LogP contribution in [0.1, 0.15) is 0 Å². The number of fused-ring (bicyclic) bond motifs is 1. The molecule has 6 nitrogen and oxygen atoms in total. The van der Waals surface area contributed by atoms with Crippen LogP contribution in [0.25, 0.3) is 11.0 Å². The Labute approximate surface area is 78.2 Å². The standard InChI is InChI=1S/C8H6N2O4/c1-13-7-3-6(10(11)12)2-5-4-9-14-8(5)7/h2-4H,1H3. The molecule has 14 heavy (non-hydrogen) atoms. The summed E-state index contributed by atoms with van der Waals surface area (Å²) in [7, 11) is 1.42. The van der Waals surface area contributed by atoms with Crippen LogP contribution in [-0.2, 0) is 0 Å². The maximum absolute atomic E-state index is 10.5. The number of nitro benzene ring substituents is 1. The molecule has 0 radical (unpaired) electrons. The molecular weight excluding hydrogens is 188 g/mol. The minimum Gasteiger partial charge on any atom is -0.492 e. The van der Waals surface area contributed by atoms with Gasteiger partial charge < -0.3 is 9.26 Å². The van der Waals surface area contributed by atoms with Gasteiger partial charge in [-0.15, -0.1) is 0 Å². The molecule has 6 heteroatoms. The highest BCUT2D eigenvalue weighted by Crippen LogP contribution is 2.30. The van der Waals surface area contributed by atoms with Crippen LogP contribution in [0.4, 0.5) is 5.69 Å². The molecule has 72 valence electrons. The number of aromatic nitrogens is 1. The van der Waals surface area contributed by atoms with Crippen molar-refractivity contribution in [2.45, 2.75) is 0 Å². The third-order valence-electron chi connectivity index (χ3n) is 1.83. The van der Waals surface area contributed by atoms with E-state index < -0.39 is 4.92 Å². The lowest BCUT2D eigenvalue weighted by Gasteiger charge is -1.98. The van der Waals surface area contributed by atoms with Crippen LogP contribution >= 0.6 is 0 Å². The summed E-state index contributed by atoms with van der Waals surface area (Å²) in [6.07, 6.45) is 1.41. The molecule has 0 aliphatic heterocycles. The molecule has 0 saturated carbocycles. The molecule has 0 unspecified atom stereocenters. The van der Waals surface area contributed by atoms with E-state index in [-0.39, 0.29) is 5.69 Å². The summed E-state index contributed by atoms with van der Waals surface area (Å²) in [6.45, 7) is 0. The van der Waals surface area contributed by atoms with Crippen molar-refractivity contribution in [3.05, 3.63) is 28.4 Å². The topological polar surface area (TPSA) is 78.4 Å². The zero-order chi connectivity index (χ0) is 10.1. The second-order valence-electron chi connectivity index (χ2n) is 2.65. The van der Waals surface area contributed by atoms with Crippen molar-refractivity contribution >= 4 is 16.7 Å². The first-order valence-corrected chi connectivity index (χ1v) is 3.79. The van der Waals surface area contributed by atoms with Gasteiger partial charge in [-0.1, -0.05) is 5.16 Å². The number of hydrogen-bond acceptors (Lipinski definition) is 5. The molecule has 1 aromatic carbocycles. The second kappa shape index (κ2) is 2.99. The average Bonchev–Trinajstić information content (AvgIpc) is 2.63. The third-order valence-corrected chi connectivity index (χ3v) is 1.83. The maximum atomic E-state index is 10.5.